The zero-order chi connectivity index (χ0) is 5.98. The molecule has 0 saturated heterocycles. The smallest absolute Gasteiger partial charge is 1.00 e. The van der Waals surface area contributed by atoms with Crippen LogP contribution in [0.25, 0.3) is 0 Å². The van der Waals surface area contributed by atoms with Gasteiger partial charge in [0.25, 0.3) is 0 Å². The van der Waals surface area contributed by atoms with Gasteiger partial charge in [0.1, 0.15) is 5.75 Å². The van der Waals surface area contributed by atoms with Crippen molar-refractivity contribution in [2.45, 2.75) is 0 Å². The van der Waals surface area contributed by atoms with Gasteiger partial charge in [-0.05, 0) is 24.3 Å². The minimum atomic E-state index is 0. The first kappa shape index (κ1) is 13.9. The van der Waals surface area contributed by atoms with Gasteiger partial charge in [0, 0.05) is 5.02 Å². The molecule has 0 bridgehead atoms. The molecule has 4 heteroatoms. The molecule has 1 aromatic carbocycles. The number of rotatable bonds is 0. The first-order valence-electron chi connectivity index (χ1n) is 2.23. The van der Waals surface area contributed by atoms with Crippen molar-refractivity contribution in [3.8, 4) is 5.75 Å². The van der Waals surface area contributed by atoms with Gasteiger partial charge in [0.15, 0.2) is 0 Å². The van der Waals surface area contributed by atoms with E-state index in [1.165, 1.54) is 0 Å². The fraction of sp³-hybridized carbons (Fsp3) is 0. The summed E-state index contributed by atoms with van der Waals surface area (Å²) in [5.74, 6) is 0.245. The molecule has 1 N–H and O–H groups in total. The zero-order valence-corrected chi connectivity index (χ0v) is 10.9. The number of phenolic OH excluding ortho intramolecular Hbond substituents is 1. The van der Waals surface area contributed by atoms with Gasteiger partial charge >= 0.3 is 59.1 Å². The predicted molar refractivity (Wildman–Crippen MR) is 35.3 cm³/mol. The van der Waals surface area contributed by atoms with Gasteiger partial charge in [0.2, 0.25) is 0 Å². The van der Waals surface area contributed by atoms with Gasteiger partial charge in [-0.3, -0.25) is 0 Å². The van der Waals surface area contributed by atoms with E-state index in [-0.39, 0.29) is 67.7 Å². The zero-order valence-electron chi connectivity index (χ0n) is 8.13. The quantitative estimate of drug-likeness (QED) is 0.403. The van der Waals surface area contributed by atoms with Crippen LogP contribution >= 0.6 is 11.6 Å². The summed E-state index contributed by atoms with van der Waals surface area (Å²) in [5, 5.41) is 9.34. The Bertz CT molecular complexity index is 162. The van der Waals surface area contributed by atoms with Crippen LogP contribution in [0.3, 0.4) is 0 Å². The van der Waals surface area contributed by atoms with Crippen molar-refractivity contribution in [2.24, 2.45) is 0 Å². The molecule has 0 aromatic heterocycles. The molecule has 1 nitrogen and oxygen atoms in total. The standard InChI is InChI=1S/C6H5ClO.2Na.2H/c7-5-1-3-6(8)4-2-5;;;;/h1-4,8H;;;;/q;2*+1;2*-1. The molecule has 0 aliphatic carbocycles. The van der Waals surface area contributed by atoms with E-state index in [2.05, 4.69) is 0 Å². The van der Waals surface area contributed by atoms with E-state index in [1.807, 2.05) is 0 Å². The molecule has 0 heterocycles. The monoisotopic (exact) mass is 176 g/mol. The van der Waals surface area contributed by atoms with Gasteiger partial charge in [-0.2, -0.15) is 0 Å². The van der Waals surface area contributed by atoms with E-state index in [4.69, 9.17) is 16.7 Å². The number of hydrogen-bond donors (Lipinski definition) is 1. The Hall–Kier alpha value is 1.31. The normalized spacial score (nSPS) is 7.30. The second kappa shape index (κ2) is 6.99. The second-order valence-electron chi connectivity index (χ2n) is 1.48. The molecule has 0 atom stereocenters. The molecule has 0 aliphatic heterocycles. The maximum atomic E-state index is 8.70. The van der Waals surface area contributed by atoms with Crippen LogP contribution in [0.4, 0.5) is 0 Å². The van der Waals surface area contributed by atoms with Crippen molar-refractivity contribution in [1.29, 1.82) is 0 Å². The van der Waals surface area contributed by atoms with Crippen molar-refractivity contribution < 1.29 is 67.1 Å². The summed E-state index contributed by atoms with van der Waals surface area (Å²) in [4.78, 5) is 0. The van der Waals surface area contributed by atoms with Crippen LogP contribution in [0.15, 0.2) is 24.3 Å². The first-order chi connectivity index (χ1) is 3.79. The summed E-state index contributed by atoms with van der Waals surface area (Å²) in [6.07, 6.45) is 0. The minimum absolute atomic E-state index is 0. The Kier molecular flexibility index (Phi) is 9.69. The molecule has 0 unspecified atom stereocenters. The Morgan fingerprint density at radius 2 is 1.50 bits per heavy atom. The fourth-order valence-electron chi connectivity index (χ4n) is 0.441. The van der Waals surface area contributed by atoms with E-state index in [0.29, 0.717) is 5.02 Å². The maximum absolute atomic E-state index is 8.70. The summed E-state index contributed by atoms with van der Waals surface area (Å²) in [6.45, 7) is 0. The van der Waals surface area contributed by atoms with Crippen LogP contribution in [0.1, 0.15) is 2.85 Å². The van der Waals surface area contributed by atoms with Crippen molar-refractivity contribution in [3.05, 3.63) is 29.3 Å². The molecule has 0 radical (unpaired) electrons. The maximum Gasteiger partial charge on any atom is 1.00 e. The molecule has 0 spiro atoms. The SMILES string of the molecule is Oc1ccc(Cl)cc1.[H-].[H-].[Na+].[Na+]. The molecular weight excluding hydrogens is 169 g/mol. The summed E-state index contributed by atoms with van der Waals surface area (Å²) in [6, 6.07) is 6.36. The summed E-state index contributed by atoms with van der Waals surface area (Å²) in [5.41, 5.74) is 0. The Balaban J connectivity index is -0.0000000800. The summed E-state index contributed by atoms with van der Waals surface area (Å²) < 4.78 is 0. The van der Waals surface area contributed by atoms with Crippen LogP contribution < -0.4 is 59.1 Å². The Labute approximate surface area is 112 Å². The van der Waals surface area contributed by atoms with Gasteiger partial charge in [0.05, 0.1) is 0 Å². The van der Waals surface area contributed by atoms with Crippen molar-refractivity contribution in [2.75, 3.05) is 0 Å². The van der Waals surface area contributed by atoms with Gasteiger partial charge < -0.3 is 7.96 Å². The van der Waals surface area contributed by atoms with Crippen molar-refractivity contribution >= 4 is 11.6 Å². The van der Waals surface area contributed by atoms with Gasteiger partial charge in [-0.15, -0.1) is 0 Å². The third kappa shape index (κ3) is 5.03. The topological polar surface area (TPSA) is 20.2 Å². The van der Waals surface area contributed by atoms with E-state index >= 15 is 0 Å². The minimum Gasteiger partial charge on any atom is -1.00 e. The van der Waals surface area contributed by atoms with Gasteiger partial charge in [-0.25, -0.2) is 0 Å². The number of aromatic hydroxyl groups is 1. The Morgan fingerprint density at radius 1 is 1.10 bits per heavy atom. The fourth-order valence-corrected chi connectivity index (χ4v) is 0.567. The van der Waals surface area contributed by atoms with E-state index in [9.17, 15) is 0 Å². The molecule has 0 fully saturated rings. The first-order valence-corrected chi connectivity index (χ1v) is 2.61. The molecule has 0 aliphatic rings. The van der Waals surface area contributed by atoms with E-state index in [1.54, 1.807) is 24.3 Å². The molecular formula is C6H7ClNa2O. The molecule has 1 aromatic rings. The molecule has 10 heavy (non-hydrogen) atoms. The summed E-state index contributed by atoms with van der Waals surface area (Å²) in [7, 11) is 0. The van der Waals surface area contributed by atoms with Crippen LogP contribution in [-0.4, -0.2) is 5.11 Å². The van der Waals surface area contributed by atoms with Crippen molar-refractivity contribution in [1.82, 2.24) is 0 Å². The van der Waals surface area contributed by atoms with E-state index < -0.39 is 0 Å². The average Bonchev–Trinajstić information content (AvgIpc) is 1.77. The van der Waals surface area contributed by atoms with Crippen molar-refractivity contribution in [3.63, 3.8) is 0 Å². The predicted octanol–water partition coefficient (Wildman–Crippen LogP) is -3.72. The Morgan fingerprint density at radius 3 is 1.80 bits per heavy atom. The number of hydrogen-bond acceptors (Lipinski definition) is 1. The largest absolute Gasteiger partial charge is 1.00 e. The summed E-state index contributed by atoms with van der Waals surface area (Å²) >= 11 is 5.50. The average molecular weight is 177 g/mol. The molecule has 1 rings (SSSR count). The van der Waals surface area contributed by atoms with E-state index in [0.717, 1.165) is 0 Å². The third-order valence-corrected chi connectivity index (χ3v) is 1.08. The van der Waals surface area contributed by atoms with Crippen LogP contribution in [0.5, 0.6) is 5.75 Å². The van der Waals surface area contributed by atoms with Crippen LogP contribution in [-0.2, 0) is 0 Å². The number of benzene rings is 1. The van der Waals surface area contributed by atoms with Crippen LogP contribution in [0.2, 0.25) is 5.02 Å². The third-order valence-electron chi connectivity index (χ3n) is 0.827. The molecule has 46 valence electrons. The van der Waals surface area contributed by atoms with Gasteiger partial charge in [-0.1, -0.05) is 11.6 Å². The second-order valence-corrected chi connectivity index (χ2v) is 1.91. The number of phenols is 1. The van der Waals surface area contributed by atoms with Crippen LogP contribution in [0, 0.1) is 0 Å². The number of halogens is 1. The molecule has 0 saturated carbocycles. The molecule has 0 amide bonds.